The highest BCUT2D eigenvalue weighted by molar-refractivity contribution is 9.10. The topological polar surface area (TPSA) is 73.6 Å². The first-order valence-electron chi connectivity index (χ1n) is 9.41. The summed E-state index contributed by atoms with van der Waals surface area (Å²) >= 11 is 3.46. The van der Waals surface area contributed by atoms with Gasteiger partial charge in [-0.1, -0.05) is 12.1 Å². The van der Waals surface area contributed by atoms with Crippen LogP contribution in [0.1, 0.15) is 23.4 Å². The number of benzene rings is 2. The molecule has 0 aliphatic carbocycles. The molecule has 0 fully saturated rings. The SMILES string of the molecule is Cc1ccc(-c2cnc(CCC(=O)Nc3cc4c(cc3Br)OCCO4)o2)cc1C. The molecule has 0 spiro atoms. The number of hydrogen-bond donors (Lipinski definition) is 1. The van der Waals surface area contributed by atoms with Gasteiger partial charge in [0.05, 0.1) is 11.9 Å². The van der Waals surface area contributed by atoms with Crippen molar-refractivity contribution < 1.29 is 18.7 Å². The minimum atomic E-state index is -0.131. The first-order valence-corrected chi connectivity index (χ1v) is 10.2. The van der Waals surface area contributed by atoms with Gasteiger partial charge in [-0.05, 0) is 47.0 Å². The summed E-state index contributed by atoms with van der Waals surface area (Å²) in [5, 5.41) is 2.89. The standard InChI is InChI=1S/C22H21BrN2O4/c1-13-3-4-15(9-14(13)2)20-12-24-22(29-20)6-5-21(26)25-17-11-19-18(10-16(17)23)27-7-8-28-19/h3-4,9-12H,5-8H2,1-2H3,(H,25,26). The zero-order valence-corrected chi connectivity index (χ0v) is 17.8. The van der Waals surface area contributed by atoms with Crippen molar-refractivity contribution in [3.8, 4) is 22.8 Å². The molecule has 2 aromatic carbocycles. The van der Waals surface area contributed by atoms with Crippen molar-refractivity contribution in [2.24, 2.45) is 0 Å². The van der Waals surface area contributed by atoms with Crippen molar-refractivity contribution in [3.63, 3.8) is 0 Å². The quantitative estimate of drug-likeness (QED) is 0.580. The van der Waals surface area contributed by atoms with E-state index in [9.17, 15) is 4.79 Å². The Labute approximate surface area is 177 Å². The Bertz CT molecular complexity index is 1060. The fourth-order valence-electron chi connectivity index (χ4n) is 3.05. The molecule has 0 bridgehead atoms. The average molecular weight is 457 g/mol. The molecule has 7 heteroatoms. The molecule has 6 nitrogen and oxygen atoms in total. The Hall–Kier alpha value is -2.80. The molecule has 0 atom stereocenters. The second-order valence-electron chi connectivity index (χ2n) is 6.94. The lowest BCUT2D eigenvalue weighted by atomic mass is 10.1. The molecule has 0 saturated heterocycles. The second kappa shape index (κ2) is 8.29. The lowest BCUT2D eigenvalue weighted by Gasteiger charge is -2.20. The summed E-state index contributed by atoms with van der Waals surface area (Å²) in [6.45, 7) is 5.15. The Morgan fingerprint density at radius 1 is 1.10 bits per heavy atom. The van der Waals surface area contributed by atoms with E-state index in [4.69, 9.17) is 13.9 Å². The number of aromatic nitrogens is 1. The fraction of sp³-hybridized carbons (Fsp3) is 0.273. The van der Waals surface area contributed by atoms with Crippen molar-refractivity contribution >= 4 is 27.5 Å². The lowest BCUT2D eigenvalue weighted by molar-refractivity contribution is -0.116. The van der Waals surface area contributed by atoms with E-state index in [2.05, 4.69) is 52.2 Å². The molecule has 1 aromatic heterocycles. The van der Waals surface area contributed by atoms with E-state index < -0.39 is 0 Å². The molecule has 0 unspecified atom stereocenters. The van der Waals surface area contributed by atoms with Crippen molar-refractivity contribution in [2.45, 2.75) is 26.7 Å². The van der Waals surface area contributed by atoms with Crippen LogP contribution < -0.4 is 14.8 Å². The highest BCUT2D eigenvalue weighted by atomic mass is 79.9. The van der Waals surface area contributed by atoms with Crippen LogP contribution in [0.25, 0.3) is 11.3 Å². The number of oxazole rings is 1. The van der Waals surface area contributed by atoms with Crippen LogP contribution in [0.15, 0.2) is 45.4 Å². The number of amides is 1. The summed E-state index contributed by atoms with van der Waals surface area (Å²) < 4.78 is 17.7. The molecule has 0 radical (unpaired) electrons. The number of halogens is 1. The summed E-state index contributed by atoms with van der Waals surface area (Å²) in [7, 11) is 0. The van der Waals surface area contributed by atoms with E-state index >= 15 is 0 Å². The third kappa shape index (κ3) is 4.45. The molecule has 1 amide bonds. The van der Waals surface area contributed by atoms with Gasteiger partial charge in [0.1, 0.15) is 13.2 Å². The molecular formula is C22H21BrN2O4. The van der Waals surface area contributed by atoms with Gasteiger partial charge < -0.3 is 19.2 Å². The minimum Gasteiger partial charge on any atom is -0.486 e. The van der Waals surface area contributed by atoms with Gasteiger partial charge in [0.2, 0.25) is 5.91 Å². The van der Waals surface area contributed by atoms with Crippen LogP contribution in [0.5, 0.6) is 11.5 Å². The Morgan fingerprint density at radius 3 is 2.62 bits per heavy atom. The van der Waals surface area contributed by atoms with Crippen LogP contribution in [-0.4, -0.2) is 24.1 Å². The summed E-state index contributed by atoms with van der Waals surface area (Å²) in [5.74, 6) is 2.40. The maximum atomic E-state index is 12.4. The minimum absolute atomic E-state index is 0.131. The molecule has 29 heavy (non-hydrogen) atoms. The average Bonchev–Trinajstić information content (AvgIpc) is 3.18. The smallest absolute Gasteiger partial charge is 0.224 e. The predicted molar refractivity (Wildman–Crippen MR) is 113 cm³/mol. The number of anilines is 1. The Kier molecular flexibility index (Phi) is 5.58. The van der Waals surface area contributed by atoms with Gasteiger partial charge in [0, 0.05) is 35.0 Å². The maximum absolute atomic E-state index is 12.4. The van der Waals surface area contributed by atoms with Crippen LogP contribution in [0, 0.1) is 13.8 Å². The molecule has 1 aliphatic heterocycles. The summed E-state index contributed by atoms with van der Waals surface area (Å²) in [6, 6.07) is 9.71. The number of rotatable bonds is 5. The number of ether oxygens (including phenoxy) is 2. The third-order valence-corrected chi connectivity index (χ3v) is 5.47. The van der Waals surface area contributed by atoms with E-state index in [1.54, 1.807) is 18.3 Å². The number of aryl methyl sites for hydroxylation is 3. The molecular weight excluding hydrogens is 436 g/mol. The van der Waals surface area contributed by atoms with E-state index in [0.717, 1.165) is 10.0 Å². The van der Waals surface area contributed by atoms with Crippen LogP contribution in [0.2, 0.25) is 0 Å². The second-order valence-corrected chi connectivity index (χ2v) is 7.80. The first kappa shape index (κ1) is 19.5. The van der Waals surface area contributed by atoms with Crippen molar-refractivity contribution in [1.82, 2.24) is 4.98 Å². The lowest BCUT2D eigenvalue weighted by Crippen LogP contribution is -2.17. The molecule has 4 rings (SSSR count). The normalized spacial score (nSPS) is 12.7. The first-order chi connectivity index (χ1) is 14.0. The van der Waals surface area contributed by atoms with Crippen molar-refractivity contribution in [3.05, 3.63) is 58.0 Å². The number of carbonyl (C=O) groups excluding carboxylic acids is 1. The number of hydrogen-bond acceptors (Lipinski definition) is 5. The van der Waals surface area contributed by atoms with Gasteiger partial charge >= 0.3 is 0 Å². The molecule has 150 valence electrons. The van der Waals surface area contributed by atoms with Crippen LogP contribution >= 0.6 is 15.9 Å². The van der Waals surface area contributed by atoms with Gasteiger partial charge in [-0.15, -0.1) is 0 Å². The van der Waals surface area contributed by atoms with E-state index in [-0.39, 0.29) is 12.3 Å². The van der Waals surface area contributed by atoms with Gasteiger partial charge in [0.15, 0.2) is 23.1 Å². The maximum Gasteiger partial charge on any atom is 0.224 e. The zero-order chi connectivity index (χ0) is 20.4. The molecule has 0 saturated carbocycles. The Balaban J connectivity index is 1.38. The van der Waals surface area contributed by atoms with Crippen molar-refractivity contribution in [2.75, 3.05) is 18.5 Å². The van der Waals surface area contributed by atoms with Gasteiger partial charge in [0.25, 0.3) is 0 Å². The summed E-state index contributed by atoms with van der Waals surface area (Å²) in [5.41, 5.74) is 4.05. The number of carbonyl (C=O) groups is 1. The van der Waals surface area contributed by atoms with Gasteiger partial charge in [-0.2, -0.15) is 0 Å². The van der Waals surface area contributed by atoms with E-state index in [0.29, 0.717) is 48.5 Å². The molecule has 1 N–H and O–H groups in total. The number of nitrogens with one attached hydrogen (secondary N) is 1. The number of fused-ring (bicyclic) bond motifs is 1. The van der Waals surface area contributed by atoms with Crippen LogP contribution in [0.4, 0.5) is 5.69 Å². The van der Waals surface area contributed by atoms with Gasteiger partial charge in [-0.25, -0.2) is 4.98 Å². The number of nitrogens with zero attached hydrogens (tertiary/aromatic N) is 1. The Morgan fingerprint density at radius 2 is 1.86 bits per heavy atom. The highest BCUT2D eigenvalue weighted by Gasteiger charge is 2.16. The van der Waals surface area contributed by atoms with Crippen LogP contribution in [0.3, 0.4) is 0 Å². The largest absolute Gasteiger partial charge is 0.486 e. The van der Waals surface area contributed by atoms with E-state index in [1.807, 2.05) is 6.07 Å². The van der Waals surface area contributed by atoms with Gasteiger partial charge in [-0.3, -0.25) is 4.79 Å². The zero-order valence-electron chi connectivity index (χ0n) is 16.3. The third-order valence-electron chi connectivity index (χ3n) is 4.82. The van der Waals surface area contributed by atoms with Crippen molar-refractivity contribution in [1.29, 1.82) is 0 Å². The fourth-order valence-corrected chi connectivity index (χ4v) is 3.47. The van der Waals surface area contributed by atoms with Crippen LogP contribution in [-0.2, 0) is 11.2 Å². The monoisotopic (exact) mass is 456 g/mol. The molecule has 3 aromatic rings. The molecule has 1 aliphatic rings. The summed E-state index contributed by atoms with van der Waals surface area (Å²) in [4.78, 5) is 16.7. The highest BCUT2D eigenvalue weighted by Crippen LogP contribution is 2.38. The molecule has 2 heterocycles. The summed E-state index contributed by atoms with van der Waals surface area (Å²) in [6.07, 6.45) is 2.38. The van der Waals surface area contributed by atoms with E-state index in [1.165, 1.54) is 11.1 Å². The predicted octanol–water partition coefficient (Wildman–Crippen LogP) is 5.06.